The Labute approximate surface area is 151 Å². The summed E-state index contributed by atoms with van der Waals surface area (Å²) in [6, 6.07) is 0. The van der Waals surface area contributed by atoms with Gasteiger partial charge >= 0.3 is 5.97 Å². The van der Waals surface area contributed by atoms with Gasteiger partial charge in [-0.25, -0.2) is 0 Å². The molecule has 0 aromatic carbocycles. The van der Waals surface area contributed by atoms with Crippen molar-refractivity contribution in [2.75, 3.05) is 6.61 Å². The molecule has 0 aromatic rings. The molecule has 0 aliphatic heterocycles. The zero-order chi connectivity index (χ0) is 17.9. The molecule has 0 fully saturated rings. The summed E-state index contributed by atoms with van der Waals surface area (Å²) in [5.41, 5.74) is 0. The first kappa shape index (κ1) is 23.2. The molecule has 0 amide bonds. The van der Waals surface area contributed by atoms with E-state index in [1.54, 1.807) is 0 Å². The molecule has 2 nitrogen and oxygen atoms in total. The fourth-order valence-electron chi connectivity index (χ4n) is 2.74. The quantitative estimate of drug-likeness (QED) is 0.159. The third-order valence-corrected chi connectivity index (χ3v) is 4.33. The van der Waals surface area contributed by atoms with Gasteiger partial charge in [0.25, 0.3) is 0 Å². The largest absolute Gasteiger partial charge is 0.466 e. The predicted molar refractivity (Wildman–Crippen MR) is 105 cm³/mol. The first-order valence-corrected chi connectivity index (χ1v) is 10.5. The third kappa shape index (κ3) is 19.3. The number of hydrogen-bond donors (Lipinski definition) is 0. The fourth-order valence-corrected chi connectivity index (χ4v) is 2.74. The van der Waals surface area contributed by atoms with Gasteiger partial charge in [0.05, 0.1) is 6.61 Å². The molecular weight excluding hydrogens is 296 g/mol. The van der Waals surface area contributed by atoms with Crippen molar-refractivity contribution in [3.05, 3.63) is 12.2 Å². The summed E-state index contributed by atoms with van der Waals surface area (Å²) in [5, 5.41) is 0. The molecule has 0 heterocycles. The topological polar surface area (TPSA) is 26.3 Å². The van der Waals surface area contributed by atoms with Crippen molar-refractivity contribution in [2.24, 2.45) is 5.92 Å². The van der Waals surface area contributed by atoms with Crippen molar-refractivity contribution < 1.29 is 9.53 Å². The van der Waals surface area contributed by atoms with Crippen LogP contribution in [-0.4, -0.2) is 12.6 Å². The Morgan fingerprint density at radius 3 is 2.04 bits per heavy atom. The van der Waals surface area contributed by atoms with Crippen molar-refractivity contribution >= 4 is 5.97 Å². The van der Waals surface area contributed by atoms with E-state index in [-0.39, 0.29) is 5.97 Å². The fraction of sp³-hybridized carbons (Fsp3) is 0.864. The molecule has 24 heavy (non-hydrogen) atoms. The van der Waals surface area contributed by atoms with Gasteiger partial charge in [0, 0.05) is 6.42 Å². The maximum atomic E-state index is 11.6. The van der Waals surface area contributed by atoms with E-state index >= 15 is 0 Å². The summed E-state index contributed by atoms with van der Waals surface area (Å²) in [5.74, 6) is 0.685. The maximum absolute atomic E-state index is 11.6. The standard InChI is InChI=1S/C22H42O2/c1-4-5-6-7-8-9-10-11-12-13-14-15-16-19-22(23)24-20-17-18-21(2)3/h9-10,21H,4-8,11-20H2,1-3H3/b10-9-. The molecule has 0 rings (SSSR count). The van der Waals surface area contributed by atoms with Crippen molar-refractivity contribution in [3.63, 3.8) is 0 Å². The molecule has 0 atom stereocenters. The lowest BCUT2D eigenvalue weighted by Gasteiger charge is -2.06. The Balaban J connectivity index is 3.21. The highest BCUT2D eigenvalue weighted by Crippen LogP contribution is 2.10. The number of unbranched alkanes of at least 4 members (excludes halogenated alkanes) is 9. The Morgan fingerprint density at radius 1 is 0.833 bits per heavy atom. The van der Waals surface area contributed by atoms with Gasteiger partial charge in [-0.15, -0.1) is 0 Å². The van der Waals surface area contributed by atoms with Crippen molar-refractivity contribution in [1.82, 2.24) is 0 Å². The highest BCUT2D eigenvalue weighted by molar-refractivity contribution is 5.69. The van der Waals surface area contributed by atoms with Gasteiger partial charge in [-0.1, -0.05) is 71.4 Å². The molecule has 0 saturated carbocycles. The maximum Gasteiger partial charge on any atom is 0.305 e. The van der Waals surface area contributed by atoms with Crippen molar-refractivity contribution in [3.8, 4) is 0 Å². The second kappa shape index (κ2) is 18.5. The molecule has 0 N–H and O–H groups in total. The van der Waals surface area contributed by atoms with Crippen LogP contribution in [0.5, 0.6) is 0 Å². The normalized spacial score (nSPS) is 11.5. The molecule has 0 aliphatic rings. The van der Waals surface area contributed by atoms with Crippen LogP contribution < -0.4 is 0 Å². The average Bonchev–Trinajstić information content (AvgIpc) is 2.55. The molecule has 142 valence electrons. The van der Waals surface area contributed by atoms with Crippen molar-refractivity contribution in [2.45, 2.75) is 111 Å². The number of esters is 1. The summed E-state index contributed by atoms with van der Waals surface area (Å²) < 4.78 is 5.25. The Kier molecular flexibility index (Phi) is 17.9. The average molecular weight is 339 g/mol. The van der Waals surface area contributed by atoms with Crippen molar-refractivity contribution in [1.29, 1.82) is 0 Å². The lowest BCUT2D eigenvalue weighted by molar-refractivity contribution is -0.143. The number of rotatable bonds is 17. The lowest BCUT2D eigenvalue weighted by atomic mass is 10.1. The Bertz CT molecular complexity index is 294. The van der Waals surface area contributed by atoms with Crippen LogP contribution in [0.2, 0.25) is 0 Å². The molecular formula is C22H42O2. The lowest BCUT2D eigenvalue weighted by Crippen LogP contribution is -2.06. The van der Waals surface area contributed by atoms with Gasteiger partial charge in [-0.2, -0.15) is 0 Å². The van der Waals surface area contributed by atoms with E-state index in [0.29, 0.717) is 18.9 Å². The first-order chi connectivity index (χ1) is 11.7. The first-order valence-electron chi connectivity index (χ1n) is 10.5. The van der Waals surface area contributed by atoms with E-state index < -0.39 is 0 Å². The van der Waals surface area contributed by atoms with Gasteiger partial charge in [0.1, 0.15) is 0 Å². The van der Waals surface area contributed by atoms with Gasteiger partial charge in [-0.3, -0.25) is 4.79 Å². The number of hydrogen-bond acceptors (Lipinski definition) is 2. The van der Waals surface area contributed by atoms with E-state index in [1.165, 1.54) is 57.8 Å². The second-order valence-corrected chi connectivity index (χ2v) is 7.38. The SMILES string of the molecule is CCCCCC/C=C\CCCCCCCC(=O)OCCCC(C)C. The molecule has 0 aromatic heterocycles. The molecule has 2 heteroatoms. The molecule has 0 spiro atoms. The Morgan fingerprint density at radius 2 is 1.42 bits per heavy atom. The van der Waals surface area contributed by atoms with E-state index in [9.17, 15) is 4.79 Å². The smallest absolute Gasteiger partial charge is 0.305 e. The zero-order valence-electron chi connectivity index (χ0n) is 16.7. The molecule has 0 radical (unpaired) electrons. The molecule has 0 saturated heterocycles. The minimum Gasteiger partial charge on any atom is -0.466 e. The van der Waals surface area contributed by atoms with Gasteiger partial charge < -0.3 is 4.74 Å². The molecule has 0 bridgehead atoms. The van der Waals surface area contributed by atoms with E-state index in [2.05, 4.69) is 32.9 Å². The van der Waals surface area contributed by atoms with Crippen LogP contribution >= 0.6 is 0 Å². The van der Waals surface area contributed by atoms with E-state index in [0.717, 1.165) is 25.7 Å². The summed E-state index contributed by atoms with van der Waals surface area (Å²) in [6.07, 6.45) is 21.3. The van der Waals surface area contributed by atoms with Crippen LogP contribution in [0, 0.1) is 5.92 Å². The summed E-state index contributed by atoms with van der Waals surface area (Å²) in [6.45, 7) is 7.25. The van der Waals surface area contributed by atoms with E-state index in [1.807, 2.05) is 0 Å². The minimum atomic E-state index is -0.00948. The minimum absolute atomic E-state index is 0.00948. The number of carbonyl (C=O) groups excluding carboxylic acids is 1. The highest BCUT2D eigenvalue weighted by Gasteiger charge is 2.02. The van der Waals surface area contributed by atoms with Crippen LogP contribution in [0.1, 0.15) is 111 Å². The number of allylic oxidation sites excluding steroid dienone is 2. The summed E-state index contributed by atoms with van der Waals surface area (Å²) >= 11 is 0. The molecule has 0 aliphatic carbocycles. The monoisotopic (exact) mass is 338 g/mol. The number of ether oxygens (including phenoxy) is 1. The predicted octanol–water partition coefficient (Wildman–Crippen LogP) is 7.22. The van der Waals surface area contributed by atoms with Crippen LogP contribution in [-0.2, 0) is 9.53 Å². The highest BCUT2D eigenvalue weighted by atomic mass is 16.5. The van der Waals surface area contributed by atoms with Crippen LogP contribution in [0.25, 0.3) is 0 Å². The van der Waals surface area contributed by atoms with Crippen LogP contribution in [0.4, 0.5) is 0 Å². The zero-order valence-corrected chi connectivity index (χ0v) is 16.7. The van der Waals surface area contributed by atoms with E-state index in [4.69, 9.17) is 4.74 Å². The summed E-state index contributed by atoms with van der Waals surface area (Å²) in [4.78, 5) is 11.6. The van der Waals surface area contributed by atoms with Gasteiger partial charge in [0.15, 0.2) is 0 Å². The Hall–Kier alpha value is -0.790. The van der Waals surface area contributed by atoms with Gasteiger partial charge in [0.2, 0.25) is 0 Å². The third-order valence-electron chi connectivity index (χ3n) is 4.33. The number of carbonyl (C=O) groups is 1. The second-order valence-electron chi connectivity index (χ2n) is 7.38. The van der Waals surface area contributed by atoms with Gasteiger partial charge in [-0.05, 0) is 50.9 Å². The van der Waals surface area contributed by atoms with Crippen LogP contribution in [0.15, 0.2) is 12.2 Å². The summed E-state index contributed by atoms with van der Waals surface area (Å²) in [7, 11) is 0. The van der Waals surface area contributed by atoms with Crippen LogP contribution in [0.3, 0.4) is 0 Å². The molecule has 0 unspecified atom stereocenters.